The van der Waals surface area contributed by atoms with Crippen molar-refractivity contribution in [3.05, 3.63) is 11.7 Å². The van der Waals surface area contributed by atoms with Crippen LogP contribution in [-0.2, 0) is 11.2 Å². The lowest BCUT2D eigenvalue weighted by molar-refractivity contribution is -0.121. The molecule has 1 amide bonds. The second-order valence-corrected chi connectivity index (χ2v) is 5.42. The van der Waals surface area contributed by atoms with Crippen LogP contribution in [0.4, 0.5) is 0 Å². The third kappa shape index (κ3) is 5.28. The standard InChI is InChI=1S/C14H24N4O2/c1-11-16-14(20-18-11)8-9-15-10-13(19)17-12-6-4-2-3-5-7-12/h12,15H,2-10H2,1H3,(H,17,19). The minimum atomic E-state index is 0.0820. The molecule has 0 aromatic carbocycles. The van der Waals surface area contributed by atoms with Crippen LogP contribution in [0, 0.1) is 6.92 Å². The van der Waals surface area contributed by atoms with Crippen LogP contribution in [0.3, 0.4) is 0 Å². The molecule has 0 saturated heterocycles. The molecule has 20 heavy (non-hydrogen) atoms. The highest BCUT2D eigenvalue weighted by molar-refractivity contribution is 5.78. The maximum Gasteiger partial charge on any atom is 0.234 e. The Morgan fingerprint density at radius 1 is 1.30 bits per heavy atom. The van der Waals surface area contributed by atoms with E-state index in [-0.39, 0.29) is 5.91 Å². The van der Waals surface area contributed by atoms with Gasteiger partial charge in [0.15, 0.2) is 5.82 Å². The van der Waals surface area contributed by atoms with Crippen molar-refractivity contribution in [3.63, 3.8) is 0 Å². The molecule has 1 aliphatic rings. The molecule has 2 N–H and O–H groups in total. The summed E-state index contributed by atoms with van der Waals surface area (Å²) in [6.45, 7) is 2.81. The van der Waals surface area contributed by atoms with Gasteiger partial charge in [-0.15, -0.1) is 0 Å². The molecule has 0 atom stereocenters. The van der Waals surface area contributed by atoms with Crippen LogP contribution in [0.15, 0.2) is 4.52 Å². The number of nitrogens with zero attached hydrogens (tertiary/aromatic N) is 2. The first-order valence-corrected chi connectivity index (χ1v) is 7.53. The molecule has 1 aromatic rings. The average molecular weight is 280 g/mol. The predicted octanol–water partition coefficient (Wildman–Crippen LogP) is 1.35. The summed E-state index contributed by atoms with van der Waals surface area (Å²) in [6.07, 6.45) is 7.95. The Balaban J connectivity index is 1.57. The van der Waals surface area contributed by atoms with Crippen LogP contribution in [0.2, 0.25) is 0 Å². The van der Waals surface area contributed by atoms with Crippen LogP contribution in [0.1, 0.15) is 50.2 Å². The number of carbonyl (C=O) groups excluding carboxylic acids is 1. The van der Waals surface area contributed by atoms with Gasteiger partial charge in [0.1, 0.15) is 0 Å². The monoisotopic (exact) mass is 280 g/mol. The first-order chi connectivity index (χ1) is 9.74. The summed E-state index contributed by atoms with van der Waals surface area (Å²) in [5.41, 5.74) is 0. The Hall–Kier alpha value is -1.43. The maximum absolute atomic E-state index is 11.8. The first-order valence-electron chi connectivity index (χ1n) is 7.53. The summed E-state index contributed by atoms with van der Waals surface area (Å²) in [7, 11) is 0. The Kier molecular flexibility index (Phi) is 5.98. The highest BCUT2D eigenvalue weighted by Crippen LogP contribution is 2.16. The highest BCUT2D eigenvalue weighted by Gasteiger charge is 2.14. The van der Waals surface area contributed by atoms with E-state index in [0.29, 0.717) is 37.3 Å². The number of hydrogen-bond donors (Lipinski definition) is 2. The first kappa shape index (κ1) is 15.0. The van der Waals surface area contributed by atoms with E-state index in [0.717, 1.165) is 12.8 Å². The van der Waals surface area contributed by atoms with Gasteiger partial charge in [-0.25, -0.2) is 0 Å². The second-order valence-electron chi connectivity index (χ2n) is 5.42. The quantitative estimate of drug-likeness (QED) is 0.607. The molecule has 112 valence electrons. The Labute approximate surface area is 119 Å². The minimum Gasteiger partial charge on any atom is -0.352 e. The van der Waals surface area contributed by atoms with Gasteiger partial charge in [-0.1, -0.05) is 30.8 Å². The van der Waals surface area contributed by atoms with Gasteiger partial charge in [0.05, 0.1) is 6.54 Å². The Morgan fingerprint density at radius 3 is 2.70 bits per heavy atom. The number of aryl methyl sites for hydroxylation is 1. The van der Waals surface area contributed by atoms with Gasteiger partial charge in [-0.2, -0.15) is 4.98 Å². The predicted molar refractivity (Wildman–Crippen MR) is 75.2 cm³/mol. The van der Waals surface area contributed by atoms with Gasteiger partial charge in [0.25, 0.3) is 0 Å². The summed E-state index contributed by atoms with van der Waals surface area (Å²) in [4.78, 5) is 15.9. The molecule has 1 fully saturated rings. The van der Waals surface area contributed by atoms with Crippen molar-refractivity contribution in [2.45, 2.75) is 57.9 Å². The zero-order valence-electron chi connectivity index (χ0n) is 12.2. The molecule has 1 saturated carbocycles. The van der Waals surface area contributed by atoms with E-state index in [4.69, 9.17) is 4.52 Å². The van der Waals surface area contributed by atoms with E-state index in [2.05, 4.69) is 20.8 Å². The zero-order chi connectivity index (χ0) is 14.2. The van der Waals surface area contributed by atoms with Crippen molar-refractivity contribution in [1.82, 2.24) is 20.8 Å². The molecule has 1 aromatic heterocycles. The summed E-state index contributed by atoms with van der Waals surface area (Å²) in [5.74, 6) is 1.34. The third-order valence-electron chi connectivity index (χ3n) is 3.59. The molecular formula is C14H24N4O2. The third-order valence-corrected chi connectivity index (χ3v) is 3.59. The fraction of sp³-hybridized carbons (Fsp3) is 0.786. The van der Waals surface area contributed by atoms with Crippen molar-refractivity contribution in [2.24, 2.45) is 0 Å². The number of hydrogen-bond acceptors (Lipinski definition) is 5. The number of nitrogens with one attached hydrogen (secondary N) is 2. The van der Waals surface area contributed by atoms with Gasteiger partial charge in [-0.3, -0.25) is 4.79 Å². The lowest BCUT2D eigenvalue weighted by Crippen LogP contribution is -2.40. The van der Waals surface area contributed by atoms with Crippen LogP contribution in [-0.4, -0.2) is 35.2 Å². The Morgan fingerprint density at radius 2 is 2.05 bits per heavy atom. The van der Waals surface area contributed by atoms with Crippen molar-refractivity contribution in [2.75, 3.05) is 13.1 Å². The molecule has 0 aliphatic heterocycles. The maximum atomic E-state index is 11.8. The van der Waals surface area contributed by atoms with Gasteiger partial charge < -0.3 is 15.2 Å². The molecule has 2 rings (SSSR count). The average Bonchev–Trinajstić information content (AvgIpc) is 2.68. The molecule has 6 heteroatoms. The van der Waals surface area contributed by atoms with Gasteiger partial charge in [-0.05, 0) is 19.8 Å². The Bertz CT molecular complexity index is 411. The molecule has 0 unspecified atom stereocenters. The van der Waals surface area contributed by atoms with Crippen LogP contribution in [0.25, 0.3) is 0 Å². The molecule has 1 aliphatic carbocycles. The number of rotatable bonds is 6. The smallest absolute Gasteiger partial charge is 0.234 e. The minimum absolute atomic E-state index is 0.0820. The van der Waals surface area contributed by atoms with Gasteiger partial charge in [0, 0.05) is 19.0 Å². The van der Waals surface area contributed by atoms with E-state index in [1.807, 2.05) is 0 Å². The van der Waals surface area contributed by atoms with Crippen LogP contribution in [0.5, 0.6) is 0 Å². The molecule has 6 nitrogen and oxygen atoms in total. The summed E-state index contributed by atoms with van der Waals surface area (Å²) >= 11 is 0. The van der Waals surface area contributed by atoms with E-state index in [1.165, 1.54) is 25.7 Å². The van der Waals surface area contributed by atoms with Crippen LogP contribution < -0.4 is 10.6 Å². The van der Waals surface area contributed by atoms with E-state index >= 15 is 0 Å². The SMILES string of the molecule is Cc1noc(CCNCC(=O)NC2CCCCCC2)n1. The van der Waals surface area contributed by atoms with E-state index in [9.17, 15) is 4.79 Å². The fourth-order valence-electron chi connectivity index (χ4n) is 2.54. The second kappa shape index (κ2) is 7.99. The summed E-state index contributed by atoms with van der Waals surface area (Å²) in [6, 6.07) is 0.366. The lowest BCUT2D eigenvalue weighted by Gasteiger charge is -2.16. The van der Waals surface area contributed by atoms with Gasteiger partial charge in [0.2, 0.25) is 11.8 Å². The van der Waals surface area contributed by atoms with Crippen LogP contribution >= 0.6 is 0 Å². The number of aromatic nitrogens is 2. The normalized spacial score (nSPS) is 16.9. The number of amides is 1. The molecular weight excluding hydrogens is 256 g/mol. The molecule has 0 bridgehead atoms. The highest BCUT2D eigenvalue weighted by atomic mass is 16.5. The van der Waals surface area contributed by atoms with E-state index in [1.54, 1.807) is 6.92 Å². The van der Waals surface area contributed by atoms with E-state index < -0.39 is 0 Å². The fourth-order valence-corrected chi connectivity index (χ4v) is 2.54. The van der Waals surface area contributed by atoms with Crippen molar-refractivity contribution < 1.29 is 9.32 Å². The lowest BCUT2D eigenvalue weighted by atomic mass is 10.1. The molecule has 0 radical (unpaired) electrons. The topological polar surface area (TPSA) is 80.0 Å². The molecule has 0 spiro atoms. The van der Waals surface area contributed by atoms with Gasteiger partial charge >= 0.3 is 0 Å². The summed E-state index contributed by atoms with van der Waals surface area (Å²) in [5, 5.41) is 9.94. The summed E-state index contributed by atoms with van der Waals surface area (Å²) < 4.78 is 5.01. The largest absolute Gasteiger partial charge is 0.352 e. The number of carbonyl (C=O) groups is 1. The van der Waals surface area contributed by atoms with Crippen molar-refractivity contribution in [1.29, 1.82) is 0 Å². The molecule has 1 heterocycles. The zero-order valence-corrected chi connectivity index (χ0v) is 12.2. The van der Waals surface area contributed by atoms with Crippen molar-refractivity contribution in [3.8, 4) is 0 Å². The van der Waals surface area contributed by atoms with Crippen molar-refractivity contribution >= 4 is 5.91 Å².